The van der Waals surface area contributed by atoms with Crippen molar-refractivity contribution in [2.24, 2.45) is 0 Å². The van der Waals surface area contributed by atoms with Gasteiger partial charge in [0.15, 0.2) is 0 Å². The van der Waals surface area contributed by atoms with E-state index in [-0.39, 0.29) is 0 Å². The summed E-state index contributed by atoms with van der Waals surface area (Å²) in [4.78, 5) is 8.15. The molecule has 1 aliphatic rings. The second-order valence-electron chi connectivity index (χ2n) is 3.55. The molecule has 1 aromatic rings. The van der Waals surface area contributed by atoms with Crippen molar-refractivity contribution in [2.45, 2.75) is 24.6 Å². The van der Waals surface area contributed by atoms with Crippen LogP contribution in [-0.2, 0) is 0 Å². The van der Waals surface area contributed by atoms with E-state index in [9.17, 15) is 0 Å². The molecule has 0 aromatic carbocycles. The highest BCUT2D eigenvalue weighted by Crippen LogP contribution is 2.27. The molecule has 14 heavy (non-hydrogen) atoms. The molecule has 3 N–H and O–H groups in total. The monoisotopic (exact) mass is 210 g/mol. The number of nitrogen functional groups attached to an aromatic ring is 1. The number of thioether (sulfide) groups is 1. The van der Waals surface area contributed by atoms with Gasteiger partial charge in [-0.1, -0.05) is 6.92 Å². The molecule has 1 fully saturated rings. The molecule has 0 aliphatic carbocycles. The fraction of sp³-hybridized carbons (Fsp3) is 0.556. The fourth-order valence-electron chi connectivity index (χ4n) is 1.58. The summed E-state index contributed by atoms with van der Waals surface area (Å²) in [5.41, 5.74) is 5.54. The molecule has 1 aliphatic heterocycles. The Morgan fingerprint density at radius 1 is 1.57 bits per heavy atom. The van der Waals surface area contributed by atoms with Crippen LogP contribution < -0.4 is 11.1 Å². The minimum absolute atomic E-state index is 0.466. The molecule has 2 atom stereocenters. The van der Waals surface area contributed by atoms with Crippen molar-refractivity contribution in [1.82, 2.24) is 9.97 Å². The molecule has 0 saturated carbocycles. The van der Waals surface area contributed by atoms with Crippen LogP contribution in [0.15, 0.2) is 12.4 Å². The smallest absolute Gasteiger partial charge is 0.147 e. The molecular formula is C9H14N4S. The van der Waals surface area contributed by atoms with E-state index >= 15 is 0 Å². The van der Waals surface area contributed by atoms with E-state index in [1.165, 1.54) is 6.42 Å². The van der Waals surface area contributed by atoms with Crippen LogP contribution in [0.1, 0.15) is 13.3 Å². The lowest BCUT2D eigenvalue weighted by atomic mass is 10.2. The number of hydrogen-bond acceptors (Lipinski definition) is 5. The van der Waals surface area contributed by atoms with Gasteiger partial charge in [-0.2, -0.15) is 11.8 Å². The molecule has 2 heterocycles. The average Bonchev–Trinajstić information content (AvgIpc) is 2.51. The Hall–Kier alpha value is -0.970. The molecule has 0 amide bonds. The van der Waals surface area contributed by atoms with Crippen LogP contribution in [0, 0.1) is 0 Å². The third-order valence-corrected chi connectivity index (χ3v) is 3.56. The fourth-order valence-corrected chi connectivity index (χ4v) is 2.73. The number of aromatic nitrogens is 2. The number of anilines is 2. The summed E-state index contributed by atoms with van der Waals surface area (Å²) in [6.45, 7) is 2.25. The summed E-state index contributed by atoms with van der Waals surface area (Å²) in [7, 11) is 0. The van der Waals surface area contributed by atoms with E-state index in [4.69, 9.17) is 5.73 Å². The predicted molar refractivity (Wildman–Crippen MR) is 60.4 cm³/mol. The lowest BCUT2D eigenvalue weighted by molar-refractivity contribution is 0.742. The molecule has 1 saturated heterocycles. The molecule has 0 bridgehead atoms. The second kappa shape index (κ2) is 4.04. The van der Waals surface area contributed by atoms with E-state index in [1.807, 2.05) is 11.8 Å². The Balaban J connectivity index is 1.97. The Morgan fingerprint density at radius 2 is 2.43 bits per heavy atom. The molecule has 1 aromatic heterocycles. The van der Waals surface area contributed by atoms with Gasteiger partial charge in [0.25, 0.3) is 0 Å². The van der Waals surface area contributed by atoms with E-state index in [2.05, 4.69) is 22.2 Å². The van der Waals surface area contributed by atoms with Gasteiger partial charge < -0.3 is 11.1 Å². The van der Waals surface area contributed by atoms with Gasteiger partial charge in [0.2, 0.25) is 0 Å². The average molecular weight is 210 g/mol. The Morgan fingerprint density at radius 3 is 3.07 bits per heavy atom. The number of nitrogens with two attached hydrogens (primary N) is 1. The highest BCUT2D eigenvalue weighted by molar-refractivity contribution is 8.00. The molecule has 5 heteroatoms. The molecule has 4 nitrogen and oxygen atoms in total. The van der Waals surface area contributed by atoms with Gasteiger partial charge in [-0.15, -0.1) is 0 Å². The van der Waals surface area contributed by atoms with Crippen molar-refractivity contribution >= 4 is 23.4 Å². The summed E-state index contributed by atoms with van der Waals surface area (Å²) in [5, 5.41) is 4.08. The third-order valence-electron chi connectivity index (χ3n) is 2.20. The zero-order valence-corrected chi connectivity index (χ0v) is 8.92. The van der Waals surface area contributed by atoms with E-state index < -0.39 is 0 Å². The lowest BCUT2D eigenvalue weighted by Gasteiger charge is -2.11. The number of rotatable bonds is 2. The third kappa shape index (κ3) is 2.29. The molecular weight excluding hydrogens is 196 g/mol. The molecule has 0 radical (unpaired) electrons. The van der Waals surface area contributed by atoms with Crippen molar-refractivity contribution in [3.8, 4) is 0 Å². The van der Waals surface area contributed by atoms with Crippen LogP contribution in [-0.4, -0.2) is 27.0 Å². The van der Waals surface area contributed by atoms with Gasteiger partial charge in [0.1, 0.15) is 11.6 Å². The SMILES string of the molecule is CC1CC(Nc2cncc(N)n2)CS1. The maximum Gasteiger partial charge on any atom is 0.147 e. The van der Waals surface area contributed by atoms with Gasteiger partial charge in [0, 0.05) is 17.0 Å². The summed E-state index contributed by atoms with van der Waals surface area (Å²) in [5.74, 6) is 2.39. The van der Waals surface area contributed by atoms with Crippen molar-refractivity contribution in [2.75, 3.05) is 16.8 Å². The van der Waals surface area contributed by atoms with E-state index in [0.717, 1.165) is 16.8 Å². The molecule has 2 unspecified atom stereocenters. The summed E-state index contributed by atoms with van der Waals surface area (Å²) in [6, 6.07) is 0.506. The van der Waals surface area contributed by atoms with Crippen molar-refractivity contribution in [3.63, 3.8) is 0 Å². The van der Waals surface area contributed by atoms with E-state index in [1.54, 1.807) is 12.4 Å². The Kier molecular flexibility index (Phi) is 2.77. The second-order valence-corrected chi connectivity index (χ2v) is 5.02. The van der Waals surface area contributed by atoms with Crippen LogP contribution >= 0.6 is 11.8 Å². The largest absolute Gasteiger partial charge is 0.382 e. The van der Waals surface area contributed by atoms with Gasteiger partial charge in [-0.25, -0.2) is 4.98 Å². The van der Waals surface area contributed by atoms with Crippen LogP contribution in [0.3, 0.4) is 0 Å². The maximum absolute atomic E-state index is 5.54. The first-order valence-electron chi connectivity index (χ1n) is 4.69. The van der Waals surface area contributed by atoms with Crippen LogP contribution in [0.4, 0.5) is 11.6 Å². The van der Waals surface area contributed by atoms with Crippen LogP contribution in [0.2, 0.25) is 0 Å². The summed E-state index contributed by atoms with van der Waals surface area (Å²) in [6.07, 6.45) is 4.45. The van der Waals surface area contributed by atoms with Gasteiger partial charge in [-0.3, -0.25) is 4.98 Å². The van der Waals surface area contributed by atoms with Crippen molar-refractivity contribution in [3.05, 3.63) is 12.4 Å². The standard InChI is InChI=1S/C9H14N4S/c1-6-2-7(5-14-6)12-9-4-11-3-8(10)13-9/h3-4,6-7H,2,5H2,1H3,(H3,10,12,13). The zero-order valence-electron chi connectivity index (χ0n) is 8.10. The summed E-state index contributed by atoms with van der Waals surface area (Å²) >= 11 is 1.99. The first-order valence-corrected chi connectivity index (χ1v) is 5.74. The van der Waals surface area contributed by atoms with Crippen molar-refractivity contribution in [1.29, 1.82) is 0 Å². The zero-order chi connectivity index (χ0) is 9.97. The number of hydrogen-bond donors (Lipinski definition) is 2. The first-order chi connectivity index (χ1) is 6.74. The number of nitrogens with zero attached hydrogens (tertiary/aromatic N) is 2. The van der Waals surface area contributed by atoms with Gasteiger partial charge >= 0.3 is 0 Å². The lowest BCUT2D eigenvalue weighted by Crippen LogP contribution is -2.20. The maximum atomic E-state index is 5.54. The normalized spacial score (nSPS) is 26.4. The summed E-state index contributed by atoms with van der Waals surface area (Å²) < 4.78 is 0. The Labute approximate surface area is 87.7 Å². The Bertz CT molecular complexity index is 317. The molecule has 76 valence electrons. The molecule has 0 spiro atoms. The topological polar surface area (TPSA) is 63.8 Å². The highest BCUT2D eigenvalue weighted by atomic mass is 32.2. The molecule has 2 rings (SSSR count). The van der Waals surface area contributed by atoms with Gasteiger partial charge in [-0.05, 0) is 6.42 Å². The quantitative estimate of drug-likeness (QED) is 0.771. The van der Waals surface area contributed by atoms with Crippen molar-refractivity contribution < 1.29 is 0 Å². The highest BCUT2D eigenvalue weighted by Gasteiger charge is 2.21. The first kappa shape index (κ1) is 9.58. The number of nitrogens with one attached hydrogen (secondary N) is 1. The predicted octanol–water partition coefficient (Wildman–Crippen LogP) is 1.36. The minimum atomic E-state index is 0.466. The van der Waals surface area contributed by atoms with Crippen LogP contribution in [0.5, 0.6) is 0 Å². The minimum Gasteiger partial charge on any atom is -0.382 e. The van der Waals surface area contributed by atoms with Gasteiger partial charge in [0.05, 0.1) is 12.4 Å². The van der Waals surface area contributed by atoms with Crippen LogP contribution in [0.25, 0.3) is 0 Å². The van der Waals surface area contributed by atoms with E-state index in [0.29, 0.717) is 11.9 Å².